The number of anilines is 1. The molecular formula is C30H39FN6O3. The molecule has 214 valence electrons. The molecule has 1 saturated heterocycles. The molecule has 0 bridgehead atoms. The molecule has 1 fully saturated rings. The van der Waals surface area contributed by atoms with Gasteiger partial charge in [0.05, 0.1) is 17.7 Å². The van der Waals surface area contributed by atoms with Gasteiger partial charge in [-0.1, -0.05) is 39.5 Å². The summed E-state index contributed by atoms with van der Waals surface area (Å²) in [5, 5.41) is 2.42. The largest absolute Gasteiger partial charge is 0.353 e. The Morgan fingerprint density at radius 2 is 1.90 bits per heavy atom. The molecule has 0 atom stereocenters. The minimum Gasteiger partial charge on any atom is -0.353 e. The number of carbonyl (C=O) groups excluding carboxylic acids is 2. The van der Waals surface area contributed by atoms with E-state index in [2.05, 4.69) is 35.5 Å². The molecule has 0 spiro atoms. The van der Waals surface area contributed by atoms with Crippen LogP contribution in [0.15, 0.2) is 76.7 Å². The van der Waals surface area contributed by atoms with Crippen LogP contribution in [-0.4, -0.2) is 64.0 Å². The number of pyridine rings is 1. The standard InChI is InChI=1S/C30H39FN6O3/c1-8-10-24(16-23(31)9-2)36-18-25(29(4,5)19-36)33-21(3)28(39)37-14-13-35(20-30(37,6)7)26-12-11-22(17-32-26)15-27(38)34-40/h8,10-12,16-18H,1,9,13-15,19-20H2,2-7H3/b23-16+,24-10+,33-21?. The van der Waals surface area contributed by atoms with Crippen LogP contribution in [0.5, 0.6) is 0 Å². The van der Waals surface area contributed by atoms with Crippen molar-refractivity contribution in [3.63, 3.8) is 0 Å². The van der Waals surface area contributed by atoms with Crippen molar-refractivity contribution >= 4 is 23.3 Å². The van der Waals surface area contributed by atoms with Crippen molar-refractivity contribution in [1.29, 1.82) is 0 Å². The molecule has 1 aromatic heterocycles. The number of hydrogen-bond donors (Lipinski definition) is 0. The number of aromatic nitrogens is 1. The molecule has 10 heteroatoms. The van der Waals surface area contributed by atoms with Crippen LogP contribution in [0.3, 0.4) is 0 Å². The van der Waals surface area contributed by atoms with Crippen LogP contribution >= 0.6 is 0 Å². The van der Waals surface area contributed by atoms with E-state index in [0.717, 1.165) is 11.5 Å². The summed E-state index contributed by atoms with van der Waals surface area (Å²) in [5.41, 5.74) is 1.59. The molecule has 3 heterocycles. The van der Waals surface area contributed by atoms with E-state index >= 15 is 0 Å². The third kappa shape index (κ3) is 7.16. The zero-order valence-electron chi connectivity index (χ0n) is 24.3. The van der Waals surface area contributed by atoms with Gasteiger partial charge in [-0.3, -0.25) is 14.6 Å². The number of aliphatic imine (C=N–C) groups is 1. The summed E-state index contributed by atoms with van der Waals surface area (Å²) in [6.45, 7) is 17.6. The summed E-state index contributed by atoms with van der Waals surface area (Å²) in [4.78, 5) is 50.4. The SMILES string of the molecule is C=C/C=C(\C=C(\F)CC)N1C=C(N=C(C)C(=O)N2CCN(c3ccc(CC(=O)N=O)cn3)CC2(C)C)C(C)(C)C1. The predicted octanol–water partition coefficient (Wildman–Crippen LogP) is 5.32. The first kappa shape index (κ1) is 30.6. The number of rotatable bonds is 9. The van der Waals surface area contributed by atoms with Gasteiger partial charge in [-0.25, -0.2) is 9.37 Å². The van der Waals surface area contributed by atoms with E-state index in [1.807, 2.05) is 35.9 Å². The molecule has 0 N–H and O–H groups in total. The van der Waals surface area contributed by atoms with E-state index in [0.29, 0.717) is 49.6 Å². The Morgan fingerprint density at radius 1 is 1.18 bits per heavy atom. The molecule has 0 radical (unpaired) electrons. The second-order valence-electron chi connectivity index (χ2n) is 11.4. The molecule has 2 aliphatic heterocycles. The number of allylic oxidation sites excluding steroid dienone is 4. The zero-order chi connectivity index (χ0) is 29.7. The molecule has 0 saturated carbocycles. The summed E-state index contributed by atoms with van der Waals surface area (Å²) < 4.78 is 14.1. The van der Waals surface area contributed by atoms with Gasteiger partial charge in [-0.05, 0) is 51.0 Å². The van der Waals surface area contributed by atoms with Crippen molar-refractivity contribution in [3.05, 3.63) is 77.0 Å². The van der Waals surface area contributed by atoms with Gasteiger partial charge in [-0.15, -0.1) is 4.91 Å². The van der Waals surface area contributed by atoms with Crippen molar-refractivity contribution < 1.29 is 14.0 Å². The van der Waals surface area contributed by atoms with E-state index in [1.165, 1.54) is 6.08 Å². The van der Waals surface area contributed by atoms with Crippen molar-refractivity contribution in [1.82, 2.24) is 14.8 Å². The van der Waals surface area contributed by atoms with Gasteiger partial charge in [-0.2, -0.15) is 0 Å². The van der Waals surface area contributed by atoms with E-state index < -0.39 is 11.4 Å². The fraction of sp³-hybridized carbons (Fsp3) is 0.467. The normalized spacial score (nSPS) is 19.4. The fourth-order valence-corrected chi connectivity index (χ4v) is 4.90. The summed E-state index contributed by atoms with van der Waals surface area (Å²) in [7, 11) is 0. The molecule has 2 aliphatic rings. The molecule has 1 aromatic rings. The van der Waals surface area contributed by atoms with E-state index in [-0.39, 0.29) is 23.6 Å². The van der Waals surface area contributed by atoms with Crippen LogP contribution in [0.25, 0.3) is 0 Å². The maximum Gasteiger partial charge on any atom is 0.290 e. The zero-order valence-corrected chi connectivity index (χ0v) is 24.3. The maximum absolute atomic E-state index is 14.1. The Hall–Kier alpha value is -3.95. The summed E-state index contributed by atoms with van der Waals surface area (Å²) in [5.74, 6) is -0.363. The third-order valence-corrected chi connectivity index (χ3v) is 7.13. The molecule has 9 nitrogen and oxygen atoms in total. The topological polar surface area (TPSA) is 98.5 Å². The first-order valence-electron chi connectivity index (χ1n) is 13.4. The van der Waals surface area contributed by atoms with Crippen LogP contribution in [0.4, 0.5) is 10.2 Å². The number of amides is 2. The number of nitrogens with zero attached hydrogens (tertiary/aromatic N) is 6. The predicted molar refractivity (Wildman–Crippen MR) is 156 cm³/mol. The fourth-order valence-electron chi connectivity index (χ4n) is 4.90. The lowest BCUT2D eigenvalue weighted by molar-refractivity contribution is -0.129. The molecule has 0 aliphatic carbocycles. The van der Waals surface area contributed by atoms with Crippen molar-refractivity contribution in [2.45, 2.75) is 59.9 Å². The number of nitroso groups, excluding NO2 is 1. The van der Waals surface area contributed by atoms with Crippen LogP contribution in [0, 0.1) is 10.3 Å². The number of hydrogen-bond acceptors (Lipinski definition) is 7. The van der Waals surface area contributed by atoms with Crippen molar-refractivity contribution in [2.24, 2.45) is 15.6 Å². The first-order chi connectivity index (χ1) is 18.8. The van der Waals surface area contributed by atoms with Crippen LogP contribution in [0.2, 0.25) is 0 Å². The average molecular weight is 551 g/mol. The summed E-state index contributed by atoms with van der Waals surface area (Å²) in [6.07, 6.45) is 8.57. The monoisotopic (exact) mass is 550 g/mol. The second kappa shape index (κ2) is 12.5. The summed E-state index contributed by atoms with van der Waals surface area (Å²) >= 11 is 0. The molecular weight excluding hydrogens is 511 g/mol. The van der Waals surface area contributed by atoms with Gasteiger partial charge in [0.2, 0.25) is 0 Å². The third-order valence-electron chi connectivity index (χ3n) is 7.13. The van der Waals surface area contributed by atoms with Crippen molar-refractivity contribution in [2.75, 3.05) is 31.1 Å². The number of piperazine rings is 1. The molecule has 0 unspecified atom stereocenters. The van der Waals surface area contributed by atoms with Crippen LogP contribution < -0.4 is 4.90 Å². The highest BCUT2D eigenvalue weighted by molar-refractivity contribution is 6.38. The van der Waals surface area contributed by atoms with E-state index in [1.54, 1.807) is 38.3 Å². The number of halogens is 1. The minimum atomic E-state index is -0.736. The Balaban J connectivity index is 1.76. The van der Waals surface area contributed by atoms with Crippen molar-refractivity contribution in [3.8, 4) is 0 Å². The Kier molecular flexibility index (Phi) is 9.55. The Bertz CT molecular complexity index is 1280. The second-order valence-corrected chi connectivity index (χ2v) is 11.4. The first-order valence-corrected chi connectivity index (χ1v) is 13.4. The number of carbonyl (C=O) groups is 2. The average Bonchev–Trinajstić information content (AvgIpc) is 3.21. The molecule has 2 amide bonds. The molecule has 40 heavy (non-hydrogen) atoms. The van der Waals surface area contributed by atoms with Gasteiger partial charge >= 0.3 is 0 Å². The van der Waals surface area contributed by atoms with E-state index in [9.17, 15) is 18.9 Å². The summed E-state index contributed by atoms with van der Waals surface area (Å²) in [6, 6.07) is 3.57. The lowest BCUT2D eigenvalue weighted by atomic mass is 9.92. The minimum absolute atomic E-state index is 0.0770. The Labute approximate surface area is 235 Å². The van der Waals surface area contributed by atoms with Crippen LogP contribution in [-0.2, 0) is 16.0 Å². The highest BCUT2D eigenvalue weighted by atomic mass is 19.1. The maximum atomic E-state index is 14.1. The van der Waals surface area contributed by atoms with Gasteiger partial charge in [0.1, 0.15) is 17.4 Å². The smallest absolute Gasteiger partial charge is 0.290 e. The van der Waals surface area contributed by atoms with E-state index in [4.69, 9.17) is 4.99 Å². The van der Waals surface area contributed by atoms with Gasteiger partial charge in [0.15, 0.2) is 0 Å². The van der Waals surface area contributed by atoms with Gasteiger partial charge in [0.25, 0.3) is 11.8 Å². The van der Waals surface area contributed by atoms with Gasteiger partial charge < -0.3 is 14.7 Å². The molecule has 3 rings (SSSR count). The Morgan fingerprint density at radius 3 is 2.48 bits per heavy atom. The van der Waals surface area contributed by atoms with Crippen LogP contribution in [0.1, 0.15) is 53.5 Å². The lowest BCUT2D eigenvalue weighted by Gasteiger charge is -2.47. The lowest BCUT2D eigenvalue weighted by Crippen LogP contribution is -2.62. The highest BCUT2D eigenvalue weighted by Crippen LogP contribution is 2.37. The van der Waals surface area contributed by atoms with Gasteiger partial charge in [0, 0.05) is 54.9 Å². The highest BCUT2D eigenvalue weighted by Gasteiger charge is 2.39. The quantitative estimate of drug-likeness (QED) is 0.234. The molecule has 0 aromatic carbocycles.